The first-order valence-electron chi connectivity index (χ1n) is 5.33. The molecule has 0 amide bonds. The Hall–Kier alpha value is -0.970. The van der Waals surface area contributed by atoms with Crippen LogP contribution in [-0.4, -0.2) is 27.3 Å². The van der Waals surface area contributed by atoms with E-state index in [0.29, 0.717) is 0 Å². The van der Waals surface area contributed by atoms with Crippen LogP contribution in [0, 0.1) is 5.41 Å². The largest absolute Gasteiger partial charge is 0.311 e. The van der Waals surface area contributed by atoms with Crippen LogP contribution in [0.5, 0.6) is 0 Å². The van der Waals surface area contributed by atoms with Crippen LogP contribution in [-0.2, 0) is 0 Å². The zero-order valence-corrected chi connectivity index (χ0v) is 10.4. The summed E-state index contributed by atoms with van der Waals surface area (Å²) in [5.74, 6) is 0.889. The molecule has 0 radical (unpaired) electrons. The molecule has 0 spiro atoms. The molecule has 0 fully saturated rings. The fourth-order valence-electron chi connectivity index (χ4n) is 1.26. The lowest BCUT2D eigenvalue weighted by atomic mass is 9.88. The lowest BCUT2D eigenvalue weighted by molar-refractivity contribution is 0.232. The summed E-state index contributed by atoms with van der Waals surface area (Å²) in [5.41, 5.74) is 0.150. The van der Waals surface area contributed by atoms with Crippen LogP contribution in [0.3, 0.4) is 0 Å². The van der Waals surface area contributed by atoms with Crippen LogP contribution in [0.25, 0.3) is 0 Å². The van der Waals surface area contributed by atoms with E-state index in [0.717, 1.165) is 5.82 Å². The smallest absolute Gasteiger partial charge is 0.168 e. The zero-order chi connectivity index (χ0) is 11.6. The van der Waals surface area contributed by atoms with Crippen LogP contribution < -0.4 is 5.32 Å². The highest BCUT2D eigenvalue weighted by molar-refractivity contribution is 4.92. The molecule has 1 aromatic rings. The van der Waals surface area contributed by atoms with E-state index in [2.05, 4.69) is 55.5 Å². The first-order chi connectivity index (χ1) is 6.88. The minimum atomic E-state index is 0.150. The Balaban J connectivity index is 3.00. The fourth-order valence-corrected chi connectivity index (χ4v) is 1.26. The molecule has 0 saturated carbocycles. The lowest BCUT2D eigenvalue weighted by Gasteiger charge is -2.28. The van der Waals surface area contributed by atoms with Crippen molar-refractivity contribution in [2.75, 3.05) is 7.05 Å². The fraction of sp³-hybridized carbons (Fsp3) is 0.900. The van der Waals surface area contributed by atoms with Crippen molar-refractivity contribution in [2.24, 2.45) is 5.41 Å². The van der Waals surface area contributed by atoms with E-state index in [1.807, 2.05) is 11.7 Å². The Bertz CT molecular complexity index is 312. The van der Waals surface area contributed by atoms with Gasteiger partial charge in [-0.2, -0.15) is 0 Å². The Kier molecular flexibility index (Phi) is 3.44. The summed E-state index contributed by atoms with van der Waals surface area (Å²) < 4.78 is 1.90. The van der Waals surface area contributed by atoms with Gasteiger partial charge in [-0.3, -0.25) is 0 Å². The standard InChI is InChI=1S/C10H21N5/c1-7(11-6)9-12-13-14-15(9)8(2)10(3,4)5/h7-8,11H,1-6H3. The van der Waals surface area contributed by atoms with Crippen LogP contribution in [0.4, 0.5) is 0 Å². The monoisotopic (exact) mass is 211 g/mol. The van der Waals surface area contributed by atoms with Crippen molar-refractivity contribution in [1.29, 1.82) is 0 Å². The van der Waals surface area contributed by atoms with E-state index >= 15 is 0 Å². The molecule has 2 atom stereocenters. The molecule has 1 aromatic heterocycles. The Morgan fingerprint density at radius 2 is 1.87 bits per heavy atom. The second kappa shape index (κ2) is 4.26. The highest BCUT2D eigenvalue weighted by Gasteiger charge is 2.26. The van der Waals surface area contributed by atoms with Crippen molar-refractivity contribution in [3.63, 3.8) is 0 Å². The van der Waals surface area contributed by atoms with Crippen molar-refractivity contribution >= 4 is 0 Å². The number of hydrogen-bond donors (Lipinski definition) is 1. The topological polar surface area (TPSA) is 55.6 Å². The van der Waals surface area contributed by atoms with Crippen molar-refractivity contribution in [3.05, 3.63) is 5.82 Å². The summed E-state index contributed by atoms with van der Waals surface area (Å²) in [7, 11) is 1.91. The summed E-state index contributed by atoms with van der Waals surface area (Å²) in [6.07, 6.45) is 0. The van der Waals surface area contributed by atoms with Gasteiger partial charge in [0.2, 0.25) is 0 Å². The highest BCUT2D eigenvalue weighted by Crippen LogP contribution is 2.30. The van der Waals surface area contributed by atoms with Crippen molar-refractivity contribution in [3.8, 4) is 0 Å². The summed E-state index contributed by atoms with van der Waals surface area (Å²) >= 11 is 0. The van der Waals surface area contributed by atoms with Crippen molar-refractivity contribution in [1.82, 2.24) is 25.5 Å². The molecule has 5 heteroatoms. The van der Waals surface area contributed by atoms with Gasteiger partial charge in [-0.1, -0.05) is 20.8 Å². The number of aromatic nitrogens is 4. The van der Waals surface area contributed by atoms with Crippen LogP contribution in [0.1, 0.15) is 52.5 Å². The highest BCUT2D eigenvalue weighted by atomic mass is 15.6. The van der Waals surface area contributed by atoms with Gasteiger partial charge in [0.15, 0.2) is 5.82 Å². The van der Waals surface area contributed by atoms with Gasteiger partial charge in [0.1, 0.15) is 0 Å². The predicted molar refractivity (Wildman–Crippen MR) is 59.5 cm³/mol. The molecule has 0 aliphatic heterocycles. The summed E-state index contributed by atoms with van der Waals surface area (Å²) in [5, 5.41) is 15.0. The van der Waals surface area contributed by atoms with Gasteiger partial charge < -0.3 is 5.32 Å². The quantitative estimate of drug-likeness (QED) is 0.824. The molecular weight excluding hydrogens is 190 g/mol. The molecule has 1 N–H and O–H groups in total. The molecule has 2 unspecified atom stereocenters. The second-order valence-electron chi connectivity index (χ2n) is 5.03. The number of tetrazole rings is 1. The minimum absolute atomic E-state index is 0.150. The third-order valence-corrected chi connectivity index (χ3v) is 2.96. The van der Waals surface area contributed by atoms with Crippen LogP contribution >= 0.6 is 0 Å². The zero-order valence-electron chi connectivity index (χ0n) is 10.4. The molecule has 0 aromatic carbocycles. The Morgan fingerprint density at radius 1 is 1.27 bits per heavy atom. The van der Waals surface area contributed by atoms with E-state index in [1.165, 1.54) is 0 Å². The minimum Gasteiger partial charge on any atom is -0.311 e. The molecular formula is C10H21N5. The molecule has 0 aliphatic carbocycles. The first kappa shape index (κ1) is 12.1. The maximum absolute atomic E-state index is 4.07. The van der Waals surface area contributed by atoms with Gasteiger partial charge in [-0.05, 0) is 36.7 Å². The molecule has 5 nitrogen and oxygen atoms in total. The van der Waals surface area contributed by atoms with Gasteiger partial charge in [-0.25, -0.2) is 4.68 Å². The molecule has 0 saturated heterocycles. The van der Waals surface area contributed by atoms with E-state index < -0.39 is 0 Å². The number of nitrogens with one attached hydrogen (secondary N) is 1. The molecule has 15 heavy (non-hydrogen) atoms. The Morgan fingerprint density at radius 3 is 2.33 bits per heavy atom. The van der Waals surface area contributed by atoms with Crippen LogP contribution in [0.15, 0.2) is 0 Å². The third kappa shape index (κ3) is 2.53. The molecule has 1 rings (SSSR count). The number of rotatable bonds is 3. The Labute approximate surface area is 91.2 Å². The van der Waals surface area contributed by atoms with E-state index in [1.54, 1.807) is 0 Å². The van der Waals surface area contributed by atoms with Crippen molar-refractivity contribution < 1.29 is 0 Å². The predicted octanol–water partition coefficient (Wildman–Crippen LogP) is 1.56. The average Bonchev–Trinajstić information content (AvgIpc) is 2.62. The molecule has 0 aliphatic rings. The van der Waals surface area contributed by atoms with Gasteiger partial charge >= 0.3 is 0 Å². The number of hydrogen-bond acceptors (Lipinski definition) is 4. The third-order valence-electron chi connectivity index (χ3n) is 2.96. The second-order valence-corrected chi connectivity index (χ2v) is 5.03. The molecule has 1 heterocycles. The normalized spacial score (nSPS) is 16.4. The first-order valence-corrected chi connectivity index (χ1v) is 5.33. The maximum atomic E-state index is 4.07. The van der Waals surface area contributed by atoms with Crippen molar-refractivity contribution in [2.45, 2.75) is 46.7 Å². The van der Waals surface area contributed by atoms with E-state index in [9.17, 15) is 0 Å². The van der Waals surface area contributed by atoms with Gasteiger partial charge in [0.05, 0.1) is 12.1 Å². The summed E-state index contributed by atoms with van der Waals surface area (Å²) in [6.45, 7) is 10.8. The van der Waals surface area contributed by atoms with Crippen LogP contribution in [0.2, 0.25) is 0 Å². The van der Waals surface area contributed by atoms with E-state index in [-0.39, 0.29) is 17.5 Å². The lowest BCUT2D eigenvalue weighted by Crippen LogP contribution is -2.27. The molecule has 0 bridgehead atoms. The SMILES string of the molecule is CNC(C)c1nnnn1C(C)C(C)(C)C. The summed E-state index contributed by atoms with van der Waals surface area (Å²) in [6, 6.07) is 0.447. The molecule has 86 valence electrons. The van der Waals surface area contributed by atoms with Gasteiger partial charge in [0, 0.05) is 0 Å². The van der Waals surface area contributed by atoms with Gasteiger partial charge in [0.25, 0.3) is 0 Å². The summed E-state index contributed by atoms with van der Waals surface area (Å²) in [4.78, 5) is 0. The van der Waals surface area contributed by atoms with Gasteiger partial charge in [-0.15, -0.1) is 5.10 Å². The average molecular weight is 211 g/mol. The van der Waals surface area contributed by atoms with E-state index in [4.69, 9.17) is 0 Å². The number of nitrogens with zero attached hydrogens (tertiary/aromatic N) is 4. The maximum Gasteiger partial charge on any atom is 0.168 e.